The minimum Gasteiger partial charge on any atom is -0.311 e. The van der Waals surface area contributed by atoms with Crippen LogP contribution >= 0.6 is 0 Å². The Morgan fingerprint density at radius 2 is 0.412 bits per heavy atom. The van der Waals surface area contributed by atoms with Crippen molar-refractivity contribution in [2.75, 3.05) is 9.80 Å². The third kappa shape index (κ3) is 8.75. The van der Waals surface area contributed by atoms with E-state index in [9.17, 15) is 0 Å². The van der Waals surface area contributed by atoms with Crippen LogP contribution in [-0.2, 0) is 0 Å². The van der Waals surface area contributed by atoms with Crippen molar-refractivity contribution in [1.29, 1.82) is 0 Å². The van der Waals surface area contributed by atoms with Crippen molar-refractivity contribution in [2.45, 2.75) is 0 Å². The molecule has 322 valence electrons. The van der Waals surface area contributed by atoms with Gasteiger partial charge in [-0.15, -0.1) is 0 Å². The quantitative estimate of drug-likeness (QED) is 0.0892. The van der Waals surface area contributed by atoms with Crippen molar-refractivity contribution < 1.29 is 0 Å². The summed E-state index contributed by atoms with van der Waals surface area (Å²) in [7, 11) is 0. The summed E-state index contributed by atoms with van der Waals surface area (Å²) in [5.41, 5.74) is 16.1. The third-order valence-electron chi connectivity index (χ3n) is 12.6. The molecule has 0 aliphatic heterocycles. The lowest BCUT2D eigenvalue weighted by Crippen LogP contribution is -2.09. The molecule has 0 fully saturated rings. The third-order valence-corrected chi connectivity index (χ3v) is 12.6. The van der Waals surface area contributed by atoms with E-state index in [2.05, 4.69) is 289 Å². The number of benzene rings is 11. The van der Waals surface area contributed by atoms with Gasteiger partial charge in [-0.05, 0) is 139 Å². The van der Waals surface area contributed by atoms with Gasteiger partial charge in [-0.2, -0.15) is 0 Å². The molecule has 0 amide bonds. The van der Waals surface area contributed by atoms with Gasteiger partial charge in [-0.3, -0.25) is 0 Å². The van der Waals surface area contributed by atoms with E-state index in [0.29, 0.717) is 0 Å². The van der Waals surface area contributed by atoms with Gasteiger partial charge in [0.25, 0.3) is 0 Å². The molecule has 0 aliphatic rings. The van der Waals surface area contributed by atoms with Crippen LogP contribution in [0.5, 0.6) is 0 Å². The summed E-state index contributed by atoms with van der Waals surface area (Å²) in [6, 6.07) is 95.7. The molecule has 0 aliphatic carbocycles. The molecule has 0 N–H and O–H groups in total. The van der Waals surface area contributed by atoms with Crippen LogP contribution in [0.15, 0.2) is 267 Å². The van der Waals surface area contributed by atoms with Gasteiger partial charge >= 0.3 is 0 Å². The largest absolute Gasteiger partial charge is 0.311 e. The molecule has 0 spiro atoms. The Morgan fingerprint density at radius 1 is 0.191 bits per heavy atom. The molecular weight excluding hydrogens is 821 g/mol. The number of hydrogen-bond acceptors (Lipinski definition) is 2. The van der Waals surface area contributed by atoms with Crippen molar-refractivity contribution in [2.24, 2.45) is 0 Å². The molecule has 68 heavy (non-hydrogen) atoms. The van der Waals surface area contributed by atoms with Gasteiger partial charge in [-0.1, -0.05) is 218 Å². The standard InChI is InChI=1S/C66H48N2/c1-5-17-49(18-6-1)29-31-51-33-41-57(42-34-51)67(55-21-9-3-10-22-55)59-45-37-53(38-46-59)65-61-25-13-15-27-63(61)66(64-28-16-14-26-62(64)65)54-39-47-60(48-40-54)68(56-23-11-4-12-24-56)58-43-35-52(36-44-58)32-30-50-19-7-2-8-20-50/h1-48H/b31-29+,32-30+. The lowest BCUT2D eigenvalue weighted by atomic mass is 9.86. The van der Waals surface area contributed by atoms with Gasteiger partial charge in [0, 0.05) is 34.1 Å². The molecule has 0 aromatic heterocycles. The van der Waals surface area contributed by atoms with Gasteiger partial charge in [-0.25, -0.2) is 0 Å². The Bertz CT molecular complexity index is 3200. The first-order valence-corrected chi connectivity index (χ1v) is 23.2. The van der Waals surface area contributed by atoms with E-state index in [-0.39, 0.29) is 0 Å². The van der Waals surface area contributed by atoms with Crippen molar-refractivity contribution in [3.63, 3.8) is 0 Å². The van der Waals surface area contributed by atoms with E-state index in [1.165, 1.54) is 54.9 Å². The topological polar surface area (TPSA) is 6.48 Å². The Balaban J connectivity index is 0.937. The van der Waals surface area contributed by atoms with Gasteiger partial charge in [0.2, 0.25) is 0 Å². The number of para-hydroxylation sites is 2. The van der Waals surface area contributed by atoms with Crippen LogP contribution in [0.4, 0.5) is 34.1 Å². The Kier molecular flexibility index (Phi) is 11.8. The SMILES string of the molecule is C(=C\c1ccc(N(c2ccccc2)c2ccc(-c3c4ccccc4c(-c4ccc(N(c5ccccc5)c5ccc(/C=C/c6ccccc6)cc5)cc4)c4ccccc34)cc2)cc1)/c1ccccc1. The predicted octanol–water partition coefficient (Wildman–Crippen LogP) is 18.6. The maximum atomic E-state index is 2.33. The summed E-state index contributed by atoms with van der Waals surface area (Å²) >= 11 is 0. The number of hydrogen-bond donors (Lipinski definition) is 0. The second-order valence-corrected chi connectivity index (χ2v) is 16.9. The van der Waals surface area contributed by atoms with Gasteiger partial charge in [0.1, 0.15) is 0 Å². The zero-order valence-electron chi connectivity index (χ0n) is 37.6. The van der Waals surface area contributed by atoms with Crippen LogP contribution in [0.2, 0.25) is 0 Å². The lowest BCUT2D eigenvalue weighted by molar-refractivity contribution is 1.28. The number of anilines is 6. The van der Waals surface area contributed by atoms with Gasteiger partial charge < -0.3 is 9.80 Å². The maximum absolute atomic E-state index is 2.33. The fourth-order valence-corrected chi connectivity index (χ4v) is 9.34. The van der Waals surface area contributed by atoms with E-state index >= 15 is 0 Å². The molecule has 11 rings (SSSR count). The van der Waals surface area contributed by atoms with Crippen molar-refractivity contribution in [3.05, 3.63) is 289 Å². The van der Waals surface area contributed by atoms with Crippen molar-refractivity contribution >= 4 is 80.0 Å². The summed E-state index contributed by atoms with van der Waals surface area (Å²) in [6.45, 7) is 0. The van der Waals surface area contributed by atoms with Crippen LogP contribution in [0.1, 0.15) is 22.3 Å². The monoisotopic (exact) mass is 868 g/mol. The number of fused-ring (bicyclic) bond motifs is 2. The molecule has 0 saturated heterocycles. The second kappa shape index (κ2) is 19.2. The molecule has 0 unspecified atom stereocenters. The van der Waals surface area contributed by atoms with E-state index < -0.39 is 0 Å². The maximum Gasteiger partial charge on any atom is 0.0462 e. The van der Waals surface area contributed by atoms with Gasteiger partial charge in [0.05, 0.1) is 0 Å². The predicted molar refractivity (Wildman–Crippen MR) is 292 cm³/mol. The molecular formula is C66H48N2. The molecule has 11 aromatic carbocycles. The molecule has 0 bridgehead atoms. The summed E-state index contributed by atoms with van der Waals surface area (Å²) in [5, 5.41) is 4.91. The Hall–Kier alpha value is -8.98. The molecule has 0 heterocycles. The highest BCUT2D eigenvalue weighted by molar-refractivity contribution is 6.21. The van der Waals surface area contributed by atoms with E-state index in [4.69, 9.17) is 0 Å². The molecule has 0 saturated carbocycles. The Labute approximate surface area is 399 Å². The minimum absolute atomic E-state index is 1.10. The summed E-state index contributed by atoms with van der Waals surface area (Å²) in [6.07, 6.45) is 8.66. The van der Waals surface area contributed by atoms with Crippen LogP contribution in [-0.4, -0.2) is 0 Å². The lowest BCUT2D eigenvalue weighted by Gasteiger charge is -2.26. The van der Waals surface area contributed by atoms with E-state index in [1.54, 1.807) is 0 Å². The zero-order chi connectivity index (χ0) is 45.5. The Morgan fingerprint density at radius 3 is 0.706 bits per heavy atom. The van der Waals surface area contributed by atoms with Crippen LogP contribution in [0.3, 0.4) is 0 Å². The average Bonchev–Trinajstić information content (AvgIpc) is 3.41. The highest BCUT2D eigenvalue weighted by Gasteiger charge is 2.19. The summed E-state index contributed by atoms with van der Waals surface area (Å²) in [5.74, 6) is 0. The summed E-state index contributed by atoms with van der Waals surface area (Å²) in [4.78, 5) is 4.66. The van der Waals surface area contributed by atoms with Crippen LogP contribution in [0, 0.1) is 0 Å². The fourth-order valence-electron chi connectivity index (χ4n) is 9.34. The normalized spacial score (nSPS) is 11.4. The first-order valence-electron chi connectivity index (χ1n) is 23.2. The average molecular weight is 869 g/mol. The zero-order valence-corrected chi connectivity index (χ0v) is 37.6. The minimum atomic E-state index is 1.10. The first kappa shape index (κ1) is 41.7. The molecule has 2 nitrogen and oxygen atoms in total. The van der Waals surface area contributed by atoms with Crippen molar-refractivity contribution in [1.82, 2.24) is 0 Å². The molecule has 0 radical (unpaired) electrons. The second-order valence-electron chi connectivity index (χ2n) is 16.9. The van der Waals surface area contributed by atoms with Crippen LogP contribution < -0.4 is 9.80 Å². The molecule has 11 aromatic rings. The number of rotatable bonds is 12. The summed E-state index contributed by atoms with van der Waals surface area (Å²) < 4.78 is 0. The van der Waals surface area contributed by atoms with Crippen LogP contribution in [0.25, 0.3) is 68.1 Å². The smallest absolute Gasteiger partial charge is 0.0462 e. The first-order chi connectivity index (χ1) is 33.7. The molecule has 2 heteroatoms. The van der Waals surface area contributed by atoms with Crippen molar-refractivity contribution in [3.8, 4) is 22.3 Å². The number of nitrogens with zero attached hydrogens (tertiary/aromatic N) is 2. The highest BCUT2D eigenvalue weighted by Crippen LogP contribution is 2.45. The molecule has 0 atom stereocenters. The highest BCUT2D eigenvalue weighted by atomic mass is 15.1. The van der Waals surface area contributed by atoms with E-state index in [0.717, 1.165) is 45.3 Å². The van der Waals surface area contributed by atoms with Gasteiger partial charge in [0.15, 0.2) is 0 Å². The van der Waals surface area contributed by atoms with E-state index in [1.807, 2.05) is 12.1 Å². The fraction of sp³-hybridized carbons (Fsp3) is 0.